The molecular formula is C12H16O6. The number of aliphatic hydroxyl groups is 2. The van der Waals surface area contributed by atoms with Gasteiger partial charge in [-0.3, -0.25) is 0 Å². The first kappa shape index (κ1) is 15.9. The number of unbranched alkanes of at least 4 members (excludes halogenated alkanes) is 1. The number of aliphatic hydroxyl groups excluding tert-OH is 2. The van der Waals surface area contributed by atoms with Crippen molar-refractivity contribution in [3.8, 4) is 0 Å². The highest BCUT2D eigenvalue weighted by atomic mass is 16.6. The zero-order chi connectivity index (χ0) is 14.0. The SMILES string of the molecule is C=CC(=O)O/C(O)=C(/CCCCO)OC(=O)C=C. The second kappa shape index (κ2) is 9.00. The van der Waals surface area contributed by atoms with Gasteiger partial charge in [0.25, 0.3) is 0 Å². The predicted molar refractivity (Wildman–Crippen MR) is 63.2 cm³/mol. The summed E-state index contributed by atoms with van der Waals surface area (Å²) in [4.78, 5) is 21.9. The fourth-order valence-electron chi connectivity index (χ4n) is 0.956. The van der Waals surface area contributed by atoms with Crippen molar-refractivity contribution in [2.45, 2.75) is 19.3 Å². The van der Waals surface area contributed by atoms with Crippen molar-refractivity contribution in [1.29, 1.82) is 0 Å². The van der Waals surface area contributed by atoms with Crippen molar-refractivity contribution in [3.05, 3.63) is 37.0 Å². The Labute approximate surface area is 105 Å². The van der Waals surface area contributed by atoms with E-state index < -0.39 is 17.9 Å². The van der Waals surface area contributed by atoms with Gasteiger partial charge in [0, 0.05) is 25.2 Å². The van der Waals surface area contributed by atoms with Crippen LogP contribution in [0.2, 0.25) is 0 Å². The summed E-state index contributed by atoms with van der Waals surface area (Å²) in [7, 11) is 0. The summed E-state index contributed by atoms with van der Waals surface area (Å²) in [5.74, 6) is -2.64. The predicted octanol–water partition coefficient (Wildman–Crippen LogP) is 1.33. The summed E-state index contributed by atoms with van der Waals surface area (Å²) in [5.41, 5.74) is 0. The van der Waals surface area contributed by atoms with Crippen molar-refractivity contribution < 1.29 is 29.3 Å². The minimum Gasteiger partial charge on any atom is -0.478 e. The lowest BCUT2D eigenvalue weighted by atomic mass is 10.2. The number of rotatable bonds is 8. The maximum atomic E-state index is 11.0. The smallest absolute Gasteiger partial charge is 0.338 e. The Balaban J connectivity index is 4.73. The summed E-state index contributed by atoms with van der Waals surface area (Å²) >= 11 is 0. The zero-order valence-corrected chi connectivity index (χ0v) is 9.92. The van der Waals surface area contributed by atoms with Crippen molar-refractivity contribution in [2.24, 2.45) is 0 Å². The number of allylic oxidation sites excluding steroid dienone is 1. The average Bonchev–Trinajstić information content (AvgIpc) is 2.37. The Hall–Kier alpha value is -2.08. The van der Waals surface area contributed by atoms with Crippen molar-refractivity contribution in [1.82, 2.24) is 0 Å². The van der Waals surface area contributed by atoms with Crippen LogP contribution in [0.1, 0.15) is 19.3 Å². The normalized spacial score (nSPS) is 11.2. The Morgan fingerprint density at radius 1 is 1.06 bits per heavy atom. The molecule has 18 heavy (non-hydrogen) atoms. The Morgan fingerprint density at radius 3 is 2.11 bits per heavy atom. The summed E-state index contributed by atoms with van der Waals surface area (Å²) < 4.78 is 9.17. The van der Waals surface area contributed by atoms with Crippen LogP contribution in [0.3, 0.4) is 0 Å². The van der Waals surface area contributed by atoms with Crippen LogP contribution in [-0.4, -0.2) is 28.8 Å². The summed E-state index contributed by atoms with van der Waals surface area (Å²) in [6.07, 6.45) is 2.81. The quantitative estimate of drug-likeness (QED) is 0.294. The molecule has 0 amide bonds. The molecule has 0 saturated heterocycles. The topological polar surface area (TPSA) is 93.1 Å². The van der Waals surface area contributed by atoms with E-state index in [1.165, 1.54) is 0 Å². The molecule has 6 nitrogen and oxygen atoms in total. The molecule has 0 aliphatic rings. The maximum absolute atomic E-state index is 11.0. The molecule has 100 valence electrons. The first-order chi connectivity index (χ1) is 8.54. The number of ether oxygens (including phenoxy) is 2. The molecule has 0 fully saturated rings. The fraction of sp³-hybridized carbons (Fsp3) is 0.333. The largest absolute Gasteiger partial charge is 0.478 e. The van der Waals surface area contributed by atoms with E-state index in [1.807, 2.05) is 0 Å². The molecule has 0 rings (SSSR count). The molecule has 0 aromatic heterocycles. The second-order valence-electron chi connectivity index (χ2n) is 3.16. The van der Waals surface area contributed by atoms with E-state index in [1.54, 1.807) is 0 Å². The van der Waals surface area contributed by atoms with E-state index in [9.17, 15) is 14.7 Å². The molecule has 0 saturated carbocycles. The molecule has 0 radical (unpaired) electrons. The molecule has 0 bridgehead atoms. The highest BCUT2D eigenvalue weighted by Gasteiger charge is 2.14. The average molecular weight is 256 g/mol. The standard InChI is InChI=1S/C12H16O6/c1-3-10(14)17-9(7-5-6-8-13)12(16)18-11(15)4-2/h3-4,13,16H,1-2,5-8H2/b12-9-. The minimum atomic E-state index is -0.873. The first-order valence-corrected chi connectivity index (χ1v) is 5.26. The number of esters is 2. The molecule has 0 unspecified atom stereocenters. The van der Waals surface area contributed by atoms with E-state index in [0.717, 1.165) is 12.2 Å². The van der Waals surface area contributed by atoms with Gasteiger partial charge in [-0.2, -0.15) is 0 Å². The highest BCUT2D eigenvalue weighted by molar-refractivity contribution is 5.83. The summed E-state index contributed by atoms with van der Waals surface area (Å²) in [6.45, 7) is 6.33. The molecule has 0 atom stereocenters. The molecular weight excluding hydrogens is 240 g/mol. The third kappa shape index (κ3) is 6.49. The Bertz CT molecular complexity index is 356. The molecule has 6 heteroatoms. The third-order valence-corrected chi connectivity index (χ3v) is 1.80. The molecule has 0 aliphatic carbocycles. The highest BCUT2D eigenvalue weighted by Crippen LogP contribution is 2.14. The van der Waals surface area contributed by atoms with Gasteiger partial charge in [-0.15, -0.1) is 0 Å². The second-order valence-corrected chi connectivity index (χ2v) is 3.16. The lowest BCUT2D eigenvalue weighted by Gasteiger charge is -2.09. The summed E-state index contributed by atoms with van der Waals surface area (Å²) in [6, 6.07) is 0. The molecule has 0 aliphatic heterocycles. The van der Waals surface area contributed by atoms with Crippen LogP contribution in [-0.2, 0) is 19.1 Å². The first-order valence-electron chi connectivity index (χ1n) is 5.26. The number of carbonyl (C=O) groups excluding carboxylic acids is 2. The van der Waals surface area contributed by atoms with Gasteiger partial charge in [0.1, 0.15) is 0 Å². The van der Waals surface area contributed by atoms with Gasteiger partial charge in [0.2, 0.25) is 0 Å². The van der Waals surface area contributed by atoms with Gasteiger partial charge in [-0.1, -0.05) is 13.2 Å². The lowest BCUT2D eigenvalue weighted by Crippen LogP contribution is -2.08. The fourth-order valence-corrected chi connectivity index (χ4v) is 0.956. The van der Waals surface area contributed by atoms with Crippen LogP contribution in [0, 0.1) is 0 Å². The number of hydrogen-bond acceptors (Lipinski definition) is 6. The van der Waals surface area contributed by atoms with Gasteiger partial charge < -0.3 is 19.7 Å². The van der Waals surface area contributed by atoms with E-state index in [4.69, 9.17) is 9.84 Å². The molecule has 0 heterocycles. The number of hydrogen-bond donors (Lipinski definition) is 2. The van der Waals surface area contributed by atoms with Crippen molar-refractivity contribution in [2.75, 3.05) is 6.61 Å². The zero-order valence-electron chi connectivity index (χ0n) is 9.92. The Morgan fingerprint density at radius 2 is 1.61 bits per heavy atom. The number of carbonyl (C=O) groups is 2. The lowest BCUT2D eigenvalue weighted by molar-refractivity contribution is -0.141. The van der Waals surface area contributed by atoms with Gasteiger partial charge >= 0.3 is 17.9 Å². The van der Waals surface area contributed by atoms with Gasteiger partial charge in [-0.25, -0.2) is 9.59 Å². The van der Waals surface area contributed by atoms with Crippen LogP contribution in [0.4, 0.5) is 0 Å². The summed E-state index contributed by atoms with van der Waals surface area (Å²) in [5, 5.41) is 18.1. The Kier molecular flexibility index (Phi) is 7.96. The van der Waals surface area contributed by atoms with Gasteiger partial charge in [0.05, 0.1) is 0 Å². The van der Waals surface area contributed by atoms with E-state index in [2.05, 4.69) is 17.9 Å². The monoisotopic (exact) mass is 256 g/mol. The minimum absolute atomic E-state index is 0.0319. The molecule has 0 spiro atoms. The van der Waals surface area contributed by atoms with Crippen LogP contribution >= 0.6 is 0 Å². The maximum Gasteiger partial charge on any atom is 0.338 e. The van der Waals surface area contributed by atoms with Crippen LogP contribution in [0.25, 0.3) is 0 Å². The third-order valence-electron chi connectivity index (χ3n) is 1.80. The molecule has 2 N–H and O–H groups in total. The van der Waals surface area contributed by atoms with Gasteiger partial charge in [0.15, 0.2) is 5.76 Å². The van der Waals surface area contributed by atoms with Gasteiger partial charge in [-0.05, 0) is 12.8 Å². The van der Waals surface area contributed by atoms with Crippen molar-refractivity contribution in [3.63, 3.8) is 0 Å². The molecule has 0 aromatic carbocycles. The van der Waals surface area contributed by atoms with E-state index in [0.29, 0.717) is 12.8 Å². The molecule has 0 aromatic rings. The van der Waals surface area contributed by atoms with Crippen molar-refractivity contribution >= 4 is 11.9 Å². The van der Waals surface area contributed by atoms with Crippen LogP contribution in [0.5, 0.6) is 0 Å². The van der Waals surface area contributed by atoms with E-state index in [-0.39, 0.29) is 18.8 Å². The van der Waals surface area contributed by atoms with E-state index >= 15 is 0 Å². The van der Waals surface area contributed by atoms with Crippen LogP contribution in [0.15, 0.2) is 37.0 Å². The van der Waals surface area contributed by atoms with Crippen LogP contribution < -0.4 is 0 Å².